The molecule has 1 aliphatic heterocycles. The largest absolute Gasteiger partial charge is 0.391 e. The summed E-state index contributed by atoms with van der Waals surface area (Å²) in [6.45, 7) is 1.56. The van der Waals surface area contributed by atoms with Crippen molar-refractivity contribution in [3.05, 3.63) is 20.8 Å². The molecule has 112 valence electrons. The van der Waals surface area contributed by atoms with E-state index < -0.39 is 17.4 Å². The number of nitrogens with two attached hydrogens (primary N) is 1. The first-order valence-electron chi connectivity index (χ1n) is 6.59. The van der Waals surface area contributed by atoms with E-state index in [4.69, 9.17) is 10.5 Å². The number of piperidine rings is 1. The fourth-order valence-corrected chi connectivity index (χ4v) is 2.45. The van der Waals surface area contributed by atoms with Gasteiger partial charge in [0, 0.05) is 20.2 Å². The van der Waals surface area contributed by atoms with E-state index in [1.54, 1.807) is 4.90 Å². The van der Waals surface area contributed by atoms with Gasteiger partial charge in [-0.25, -0.2) is 4.79 Å². The molecule has 8 nitrogen and oxygen atoms in total. The van der Waals surface area contributed by atoms with Crippen LogP contribution in [0.15, 0.2) is 9.59 Å². The standard InChI is InChI=1S/C12H20N4O4/c1-20-6-5-16-10(13)9(11(18)14-12(16)19)15-4-2-3-8(17)7-15/h8,17H,2-7,13H2,1H3,(H,14,18,19)/t8-/m0/s1. The van der Waals surface area contributed by atoms with E-state index in [0.29, 0.717) is 26.1 Å². The fourth-order valence-electron chi connectivity index (χ4n) is 2.45. The summed E-state index contributed by atoms with van der Waals surface area (Å²) in [5, 5.41) is 9.70. The maximum atomic E-state index is 12.0. The van der Waals surface area contributed by atoms with Crippen LogP contribution in [-0.2, 0) is 11.3 Å². The summed E-state index contributed by atoms with van der Waals surface area (Å²) in [4.78, 5) is 27.7. The Morgan fingerprint density at radius 3 is 2.90 bits per heavy atom. The first-order valence-corrected chi connectivity index (χ1v) is 6.59. The molecule has 20 heavy (non-hydrogen) atoms. The molecular weight excluding hydrogens is 264 g/mol. The van der Waals surface area contributed by atoms with Gasteiger partial charge in [-0.05, 0) is 12.8 Å². The first kappa shape index (κ1) is 14.6. The van der Waals surface area contributed by atoms with E-state index in [1.807, 2.05) is 0 Å². The third-order valence-electron chi connectivity index (χ3n) is 3.45. The summed E-state index contributed by atoms with van der Waals surface area (Å²) in [6.07, 6.45) is 0.997. The van der Waals surface area contributed by atoms with Crippen LogP contribution < -0.4 is 21.9 Å². The Labute approximate surface area is 115 Å². The molecule has 1 aliphatic rings. The maximum absolute atomic E-state index is 12.0. The lowest BCUT2D eigenvalue weighted by Gasteiger charge is -2.32. The number of rotatable bonds is 4. The van der Waals surface area contributed by atoms with Crippen LogP contribution in [-0.4, -0.2) is 47.6 Å². The van der Waals surface area contributed by atoms with Crippen LogP contribution in [0, 0.1) is 0 Å². The molecule has 2 heterocycles. The number of aliphatic hydroxyl groups excluding tert-OH is 1. The number of nitrogens with one attached hydrogen (secondary N) is 1. The van der Waals surface area contributed by atoms with Crippen molar-refractivity contribution in [3.63, 3.8) is 0 Å². The van der Waals surface area contributed by atoms with Gasteiger partial charge in [0.1, 0.15) is 11.5 Å². The third-order valence-corrected chi connectivity index (χ3v) is 3.45. The Morgan fingerprint density at radius 2 is 2.25 bits per heavy atom. The van der Waals surface area contributed by atoms with Gasteiger partial charge in [-0.1, -0.05) is 0 Å². The molecule has 2 rings (SSSR count). The van der Waals surface area contributed by atoms with Gasteiger partial charge in [-0.3, -0.25) is 14.3 Å². The summed E-state index contributed by atoms with van der Waals surface area (Å²) in [7, 11) is 1.52. The normalized spacial score (nSPS) is 19.3. The molecule has 1 atom stereocenters. The average molecular weight is 284 g/mol. The Balaban J connectivity index is 2.41. The van der Waals surface area contributed by atoms with Crippen molar-refractivity contribution in [2.75, 3.05) is 37.4 Å². The highest BCUT2D eigenvalue weighted by atomic mass is 16.5. The molecule has 0 spiro atoms. The highest BCUT2D eigenvalue weighted by Crippen LogP contribution is 2.21. The number of hydrogen-bond acceptors (Lipinski definition) is 6. The molecule has 0 aromatic carbocycles. The highest BCUT2D eigenvalue weighted by Gasteiger charge is 2.24. The van der Waals surface area contributed by atoms with Crippen molar-refractivity contribution in [3.8, 4) is 0 Å². The lowest BCUT2D eigenvalue weighted by atomic mass is 10.1. The van der Waals surface area contributed by atoms with Crippen LogP contribution in [0.4, 0.5) is 11.5 Å². The van der Waals surface area contributed by atoms with Crippen LogP contribution >= 0.6 is 0 Å². The van der Waals surface area contributed by atoms with Gasteiger partial charge < -0.3 is 20.5 Å². The predicted molar refractivity (Wildman–Crippen MR) is 75.1 cm³/mol. The number of anilines is 2. The maximum Gasteiger partial charge on any atom is 0.330 e. The Bertz CT molecular complexity index is 580. The zero-order valence-corrected chi connectivity index (χ0v) is 11.5. The number of nitrogens with zero attached hydrogens (tertiary/aromatic N) is 2. The molecule has 1 saturated heterocycles. The van der Waals surface area contributed by atoms with Crippen LogP contribution in [0.3, 0.4) is 0 Å². The van der Waals surface area contributed by atoms with E-state index in [9.17, 15) is 14.7 Å². The number of H-pyrrole nitrogens is 1. The van der Waals surface area contributed by atoms with Crippen molar-refractivity contribution in [1.82, 2.24) is 9.55 Å². The zero-order valence-electron chi connectivity index (χ0n) is 11.5. The van der Waals surface area contributed by atoms with Crippen molar-refractivity contribution in [1.29, 1.82) is 0 Å². The second-order valence-electron chi connectivity index (χ2n) is 4.88. The van der Waals surface area contributed by atoms with Crippen molar-refractivity contribution < 1.29 is 9.84 Å². The second kappa shape index (κ2) is 6.10. The lowest BCUT2D eigenvalue weighted by Crippen LogP contribution is -2.44. The minimum atomic E-state index is -0.550. The molecule has 8 heteroatoms. The van der Waals surface area contributed by atoms with Crippen LogP contribution in [0.25, 0.3) is 0 Å². The van der Waals surface area contributed by atoms with Gasteiger partial charge in [0.15, 0.2) is 0 Å². The second-order valence-corrected chi connectivity index (χ2v) is 4.88. The molecule has 0 amide bonds. The van der Waals surface area contributed by atoms with Gasteiger partial charge in [0.2, 0.25) is 0 Å². The molecule has 0 bridgehead atoms. The summed E-state index contributed by atoms with van der Waals surface area (Å²) in [5.41, 5.74) is 5.15. The van der Waals surface area contributed by atoms with Crippen LogP contribution in [0.2, 0.25) is 0 Å². The number of β-amino-alcohol motifs (C(OH)–C–C–N with tert-alkyl or cyclic N) is 1. The Hall–Kier alpha value is -1.80. The molecular formula is C12H20N4O4. The lowest BCUT2D eigenvalue weighted by molar-refractivity contribution is 0.154. The van der Waals surface area contributed by atoms with Gasteiger partial charge in [-0.2, -0.15) is 0 Å². The SMILES string of the molecule is COCCn1c(N)c(N2CCC[C@H](O)C2)c(=O)[nH]c1=O. The van der Waals surface area contributed by atoms with Gasteiger partial charge >= 0.3 is 5.69 Å². The average Bonchev–Trinajstić information content (AvgIpc) is 2.38. The summed E-state index contributed by atoms with van der Waals surface area (Å²) >= 11 is 0. The molecule has 1 aromatic rings. The summed E-state index contributed by atoms with van der Waals surface area (Å²) < 4.78 is 6.21. The van der Waals surface area contributed by atoms with E-state index in [1.165, 1.54) is 11.7 Å². The monoisotopic (exact) mass is 284 g/mol. The smallest absolute Gasteiger partial charge is 0.330 e. The molecule has 1 fully saturated rings. The van der Waals surface area contributed by atoms with Gasteiger partial charge in [-0.15, -0.1) is 0 Å². The molecule has 0 unspecified atom stereocenters. The molecule has 1 aromatic heterocycles. The Morgan fingerprint density at radius 1 is 1.50 bits per heavy atom. The minimum Gasteiger partial charge on any atom is -0.391 e. The number of aromatic nitrogens is 2. The summed E-state index contributed by atoms with van der Waals surface area (Å²) in [5.74, 6) is 0.116. The number of aliphatic hydroxyl groups is 1. The molecule has 0 aliphatic carbocycles. The quantitative estimate of drug-likeness (QED) is 0.635. The third kappa shape index (κ3) is 2.86. The predicted octanol–water partition coefficient (Wildman–Crippen LogP) is -1.27. The topological polar surface area (TPSA) is 114 Å². The number of nitrogen functional groups attached to an aromatic ring is 1. The van der Waals surface area contributed by atoms with Gasteiger partial charge in [0.25, 0.3) is 5.56 Å². The highest BCUT2D eigenvalue weighted by molar-refractivity contribution is 5.62. The summed E-state index contributed by atoms with van der Waals surface area (Å²) in [6, 6.07) is 0. The Kier molecular flexibility index (Phi) is 4.46. The molecule has 4 N–H and O–H groups in total. The van der Waals surface area contributed by atoms with E-state index >= 15 is 0 Å². The van der Waals surface area contributed by atoms with E-state index in [0.717, 1.165) is 6.42 Å². The zero-order chi connectivity index (χ0) is 14.7. The first-order chi connectivity index (χ1) is 9.54. The minimum absolute atomic E-state index is 0.116. The number of aromatic amines is 1. The van der Waals surface area contributed by atoms with Crippen LogP contribution in [0.5, 0.6) is 0 Å². The fraction of sp³-hybridized carbons (Fsp3) is 0.667. The number of methoxy groups -OCH3 is 1. The molecule has 0 radical (unpaired) electrons. The van der Waals surface area contributed by atoms with Gasteiger partial charge in [0.05, 0.1) is 19.3 Å². The van der Waals surface area contributed by atoms with Crippen molar-refractivity contribution >= 4 is 11.5 Å². The molecule has 0 saturated carbocycles. The van der Waals surface area contributed by atoms with E-state index in [2.05, 4.69) is 4.98 Å². The van der Waals surface area contributed by atoms with Crippen molar-refractivity contribution in [2.24, 2.45) is 0 Å². The number of hydrogen-bond donors (Lipinski definition) is 3. The number of ether oxygens (including phenoxy) is 1. The van der Waals surface area contributed by atoms with Crippen molar-refractivity contribution in [2.45, 2.75) is 25.5 Å². The van der Waals surface area contributed by atoms with E-state index in [-0.39, 0.29) is 18.1 Å². The van der Waals surface area contributed by atoms with Crippen LogP contribution in [0.1, 0.15) is 12.8 Å².